The van der Waals surface area contributed by atoms with Crippen molar-refractivity contribution in [3.05, 3.63) is 54.5 Å². The monoisotopic (exact) mass is 377 g/mol. The molecule has 2 aliphatic heterocycles. The fourth-order valence-electron chi connectivity index (χ4n) is 3.77. The van der Waals surface area contributed by atoms with E-state index in [1.54, 1.807) is 23.5 Å². The highest BCUT2D eigenvalue weighted by Gasteiger charge is 2.35. The average molecular weight is 377 g/mol. The molecule has 8 nitrogen and oxygen atoms in total. The molecule has 0 unspecified atom stereocenters. The second-order valence-corrected chi connectivity index (χ2v) is 7.17. The molecule has 1 aromatic carbocycles. The van der Waals surface area contributed by atoms with Crippen molar-refractivity contribution in [2.45, 2.75) is 6.04 Å². The lowest BCUT2D eigenvalue weighted by atomic mass is 10.1. The number of nitrogens with one attached hydrogen (secondary N) is 1. The number of ether oxygens (including phenoxy) is 1. The molecule has 5 rings (SSSR count). The molecule has 0 saturated carbocycles. The highest BCUT2D eigenvalue weighted by atomic mass is 16.5. The highest BCUT2D eigenvalue weighted by Crippen LogP contribution is 2.20. The van der Waals surface area contributed by atoms with Crippen LogP contribution in [0.25, 0.3) is 16.9 Å². The Hall–Kier alpha value is -3.26. The summed E-state index contributed by atoms with van der Waals surface area (Å²) in [6, 6.07) is 11.4. The minimum Gasteiger partial charge on any atom is -0.378 e. The molecule has 4 heterocycles. The molecule has 0 radical (unpaired) electrons. The number of benzene rings is 1. The fourth-order valence-corrected chi connectivity index (χ4v) is 3.77. The van der Waals surface area contributed by atoms with Crippen molar-refractivity contribution in [1.29, 1.82) is 0 Å². The first kappa shape index (κ1) is 16.9. The number of nitrogens with zero attached hydrogens (tertiary/aromatic N) is 4. The second kappa shape index (κ2) is 6.72. The standard InChI is InChI=1S/C20H19N5O3/c26-19-14-8-24(9-15(23-19)11-28-10-14)20(27)13-6-17-18(21-7-13)25(12-22-17)16-4-2-1-3-5-16/h1-7,12,14-15H,8-11H2,(H,23,26)/t14-,15+/m1/s1. The molecule has 142 valence electrons. The molecule has 2 bridgehead atoms. The molecule has 3 aromatic rings. The number of pyridine rings is 1. The second-order valence-electron chi connectivity index (χ2n) is 7.17. The molecule has 2 saturated heterocycles. The number of amides is 2. The van der Waals surface area contributed by atoms with Crippen LogP contribution in [0.4, 0.5) is 0 Å². The van der Waals surface area contributed by atoms with E-state index >= 15 is 0 Å². The molecule has 2 aliphatic rings. The lowest BCUT2D eigenvalue weighted by Gasteiger charge is -2.27. The average Bonchev–Trinajstić information content (AvgIpc) is 2.96. The van der Waals surface area contributed by atoms with Crippen LogP contribution in [0.3, 0.4) is 0 Å². The van der Waals surface area contributed by atoms with Gasteiger partial charge in [0.25, 0.3) is 5.91 Å². The molecule has 1 N–H and O–H groups in total. The van der Waals surface area contributed by atoms with Crippen molar-refractivity contribution >= 4 is 23.0 Å². The summed E-state index contributed by atoms with van der Waals surface area (Å²) in [6.45, 7) is 1.53. The van der Waals surface area contributed by atoms with Crippen LogP contribution in [0.1, 0.15) is 10.4 Å². The summed E-state index contributed by atoms with van der Waals surface area (Å²) in [4.78, 5) is 35.9. The van der Waals surface area contributed by atoms with E-state index in [-0.39, 0.29) is 23.8 Å². The van der Waals surface area contributed by atoms with Gasteiger partial charge in [0, 0.05) is 25.0 Å². The van der Waals surface area contributed by atoms with Crippen molar-refractivity contribution in [3.8, 4) is 5.69 Å². The number of carbonyl (C=O) groups is 2. The van der Waals surface area contributed by atoms with E-state index in [0.717, 1.165) is 5.69 Å². The number of hydrogen-bond acceptors (Lipinski definition) is 5. The van der Waals surface area contributed by atoms with Crippen molar-refractivity contribution in [2.75, 3.05) is 26.3 Å². The summed E-state index contributed by atoms with van der Waals surface area (Å²) in [7, 11) is 0. The Labute approximate surface area is 161 Å². The Morgan fingerprint density at radius 1 is 1.14 bits per heavy atom. The first-order valence-corrected chi connectivity index (χ1v) is 9.25. The lowest BCUT2D eigenvalue weighted by molar-refractivity contribution is -0.125. The Bertz CT molecular complexity index is 1050. The zero-order chi connectivity index (χ0) is 19.1. The lowest BCUT2D eigenvalue weighted by Crippen LogP contribution is -2.44. The number of aromatic nitrogens is 3. The van der Waals surface area contributed by atoms with Crippen LogP contribution < -0.4 is 5.32 Å². The van der Waals surface area contributed by atoms with Crippen LogP contribution in [0.15, 0.2) is 48.9 Å². The third-order valence-corrected chi connectivity index (χ3v) is 5.19. The van der Waals surface area contributed by atoms with Crippen molar-refractivity contribution in [2.24, 2.45) is 5.92 Å². The molecule has 8 heteroatoms. The van der Waals surface area contributed by atoms with Gasteiger partial charge >= 0.3 is 0 Å². The highest BCUT2D eigenvalue weighted by molar-refractivity contribution is 5.97. The van der Waals surface area contributed by atoms with Crippen LogP contribution >= 0.6 is 0 Å². The van der Waals surface area contributed by atoms with Gasteiger partial charge in [0.15, 0.2) is 5.65 Å². The van der Waals surface area contributed by atoms with Gasteiger partial charge in [-0.3, -0.25) is 14.2 Å². The van der Waals surface area contributed by atoms with Crippen LogP contribution in [0.2, 0.25) is 0 Å². The quantitative estimate of drug-likeness (QED) is 0.720. The normalized spacial score (nSPS) is 22.0. The molecular formula is C20H19N5O3. The van der Waals surface area contributed by atoms with Crippen LogP contribution in [-0.2, 0) is 9.53 Å². The number of para-hydroxylation sites is 1. The maximum Gasteiger partial charge on any atom is 0.255 e. The number of imidazole rings is 1. The minimum atomic E-state index is -0.342. The number of carbonyl (C=O) groups excluding carboxylic acids is 2. The Morgan fingerprint density at radius 2 is 2.00 bits per heavy atom. The van der Waals surface area contributed by atoms with E-state index < -0.39 is 0 Å². The Kier molecular flexibility index (Phi) is 4.05. The Morgan fingerprint density at radius 3 is 2.86 bits per heavy atom. The molecule has 2 fully saturated rings. The molecule has 2 amide bonds. The summed E-state index contributed by atoms with van der Waals surface area (Å²) in [5.41, 5.74) is 2.78. The molecule has 2 atom stereocenters. The number of fused-ring (bicyclic) bond motifs is 4. The summed E-state index contributed by atoms with van der Waals surface area (Å²) >= 11 is 0. The van der Waals surface area contributed by atoms with E-state index in [9.17, 15) is 9.59 Å². The van der Waals surface area contributed by atoms with Crippen LogP contribution in [0, 0.1) is 5.92 Å². The predicted octanol–water partition coefficient (Wildman–Crippen LogP) is 1.01. The van der Waals surface area contributed by atoms with Gasteiger partial charge < -0.3 is 15.0 Å². The van der Waals surface area contributed by atoms with Gasteiger partial charge in [0.05, 0.1) is 30.7 Å². The van der Waals surface area contributed by atoms with E-state index in [0.29, 0.717) is 43.0 Å². The van der Waals surface area contributed by atoms with E-state index in [1.165, 1.54) is 0 Å². The van der Waals surface area contributed by atoms with Crippen LogP contribution in [-0.4, -0.2) is 63.6 Å². The molecular weight excluding hydrogens is 358 g/mol. The maximum absolute atomic E-state index is 13.1. The SMILES string of the molecule is O=C1N[C@@H]2COC[C@H]1CN(C(=O)c1cnc3c(c1)ncn3-c1ccccc1)C2. The summed E-state index contributed by atoms with van der Waals surface area (Å²) in [6.07, 6.45) is 3.29. The van der Waals surface area contributed by atoms with E-state index in [2.05, 4.69) is 15.3 Å². The van der Waals surface area contributed by atoms with Gasteiger partial charge in [-0.1, -0.05) is 18.2 Å². The van der Waals surface area contributed by atoms with Crippen molar-refractivity contribution < 1.29 is 14.3 Å². The third kappa shape index (κ3) is 2.91. The van der Waals surface area contributed by atoms with Gasteiger partial charge in [-0.25, -0.2) is 9.97 Å². The molecule has 0 spiro atoms. The van der Waals surface area contributed by atoms with Gasteiger partial charge in [-0.2, -0.15) is 0 Å². The zero-order valence-corrected chi connectivity index (χ0v) is 15.1. The topological polar surface area (TPSA) is 89.3 Å². The summed E-state index contributed by atoms with van der Waals surface area (Å²) in [5.74, 6) is -0.532. The fraction of sp³-hybridized carbons (Fsp3) is 0.300. The smallest absolute Gasteiger partial charge is 0.255 e. The number of rotatable bonds is 2. The van der Waals surface area contributed by atoms with Gasteiger partial charge in [0.2, 0.25) is 5.91 Å². The molecule has 2 aromatic heterocycles. The van der Waals surface area contributed by atoms with Crippen molar-refractivity contribution in [1.82, 2.24) is 24.8 Å². The van der Waals surface area contributed by atoms with Gasteiger partial charge in [-0.15, -0.1) is 0 Å². The summed E-state index contributed by atoms with van der Waals surface area (Å²) in [5, 5.41) is 2.94. The van der Waals surface area contributed by atoms with Gasteiger partial charge in [-0.05, 0) is 18.2 Å². The maximum atomic E-state index is 13.1. The first-order chi connectivity index (χ1) is 13.7. The molecule has 28 heavy (non-hydrogen) atoms. The van der Waals surface area contributed by atoms with Crippen molar-refractivity contribution in [3.63, 3.8) is 0 Å². The summed E-state index contributed by atoms with van der Waals surface area (Å²) < 4.78 is 7.41. The largest absolute Gasteiger partial charge is 0.378 e. The van der Waals surface area contributed by atoms with E-state index in [1.807, 2.05) is 34.9 Å². The Balaban J connectivity index is 1.45. The first-order valence-electron chi connectivity index (χ1n) is 9.25. The third-order valence-electron chi connectivity index (χ3n) is 5.19. The van der Waals surface area contributed by atoms with Crippen LogP contribution in [0.5, 0.6) is 0 Å². The van der Waals surface area contributed by atoms with E-state index in [4.69, 9.17) is 4.74 Å². The number of hydrogen-bond donors (Lipinski definition) is 1. The molecule has 0 aliphatic carbocycles. The predicted molar refractivity (Wildman–Crippen MR) is 101 cm³/mol. The minimum absolute atomic E-state index is 0.0482. The zero-order valence-electron chi connectivity index (χ0n) is 15.1. The van der Waals surface area contributed by atoms with Gasteiger partial charge in [0.1, 0.15) is 11.8 Å².